The van der Waals surface area contributed by atoms with Gasteiger partial charge in [-0.1, -0.05) is 6.07 Å². The van der Waals surface area contributed by atoms with Crippen molar-refractivity contribution in [2.24, 2.45) is 0 Å². The highest BCUT2D eigenvalue weighted by Gasteiger charge is 2.23. The number of ether oxygens (including phenoxy) is 1. The molecule has 0 saturated carbocycles. The summed E-state index contributed by atoms with van der Waals surface area (Å²) in [5.41, 5.74) is 4.90. The molecule has 0 amide bonds. The van der Waals surface area contributed by atoms with Crippen molar-refractivity contribution in [3.8, 4) is 11.1 Å². The molecule has 0 atom stereocenters. The van der Waals surface area contributed by atoms with Crippen molar-refractivity contribution in [3.63, 3.8) is 0 Å². The summed E-state index contributed by atoms with van der Waals surface area (Å²) in [4.78, 5) is 6.04. The molecule has 1 aromatic carbocycles. The van der Waals surface area contributed by atoms with Gasteiger partial charge in [-0.3, -0.25) is 20.7 Å². The number of hydrogen-bond donors (Lipinski definition) is 2. The fourth-order valence-corrected chi connectivity index (χ4v) is 3.24. The Morgan fingerprint density at radius 1 is 1.20 bits per heavy atom. The van der Waals surface area contributed by atoms with E-state index >= 15 is 0 Å². The summed E-state index contributed by atoms with van der Waals surface area (Å²) >= 11 is 0. The van der Waals surface area contributed by atoms with Gasteiger partial charge in [-0.15, -0.1) is 0 Å². The first-order valence-electron chi connectivity index (χ1n) is 8.56. The first-order valence-corrected chi connectivity index (χ1v) is 8.56. The molecule has 0 bridgehead atoms. The Labute approximate surface area is 148 Å². The fraction of sp³-hybridized carbons (Fsp3) is 0.350. The number of nitrogens with zero attached hydrogens (tertiary/aromatic N) is 2. The van der Waals surface area contributed by atoms with E-state index in [-0.39, 0.29) is 5.60 Å². The van der Waals surface area contributed by atoms with E-state index in [0.717, 1.165) is 34.4 Å². The molecular formula is C20H24N4O. The first kappa shape index (κ1) is 17.3. The number of benzene rings is 1. The summed E-state index contributed by atoms with van der Waals surface area (Å²) < 4.78 is 5.84. The Hall–Kier alpha value is -2.53. The minimum Gasteiger partial charge on any atom is -0.371 e. The quantitative estimate of drug-likeness (QED) is 0.629. The number of anilines is 1. The molecule has 2 N–H and O–H groups in total. The predicted molar refractivity (Wildman–Crippen MR) is 102 cm³/mol. The number of nitrogens with one attached hydrogen (secondary N) is 2. The number of aromatic nitrogens is 1. The van der Waals surface area contributed by atoms with E-state index in [0.29, 0.717) is 18.9 Å². The van der Waals surface area contributed by atoms with E-state index in [2.05, 4.69) is 31.0 Å². The lowest BCUT2D eigenvalue weighted by atomic mass is 9.93. The summed E-state index contributed by atoms with van der Waals surface area (Å²) in [5, 5.41) is 15.5. The zero-order valence-corrected chi connectivity index (χ0v) is 15.0. The van der Waals surface area contributed by atoms with Crippen LogP contribution in [0.4, 0.5) is 5.69 Å². The van der Waals surface area contributed by atoms with Crippen LogP contribution in [0.1, 0.15) is 38.3 Å². The highest BCUT2D eigenvalue weighted by molar-refractivity contribution is 6.11. The van der Waals surface area contributed by atoms with Gasteiger partial charge < -0.3 is 4.74 Å². The number of hydrogen-bond acceptors (Lipinski definition) is 4. The maximum absolute atomic E-state index is 7.98. The molecule has 0 radical (unpaired) electrons. The van der Waals surface area contributed by atoms with Gasteiger partial charge in [0, 0.05) is 36.5 Å². The average Bonchev–Trinajstić information content (AvgIpc) is 2.61. The molecule has 2 heterocycles. The molecule has 3 rings (SSSR count). The third kappa shape index (κ3) is 3.33. The van der Waals surface area contributed by atoms with Crippen molar-refractivity contribution in [1.29, 1.82) is 10.8 Å². The van der Waals surface area contributed by atoms with E-state index in [1.54, 1.807) is 4.90 Å². The van der Waals surface area contributed by atoms with E-state index in [1.807, 2.05) is 31.5 Å². The minimum atomic E-state index is -0.377. The number of fused-ring (bicyclic) bond motifs is 1. The number of rotatable bonds is 5. The van der Waals surface area contributed by atoms with Gasteiger partial charge in [0.05, 0.1) is 17.6 Å². The molecule has 1 aliphatic heterocycles. The van der Waals surface area contributed by atoms with Crippen molar-refractivity contribution in [2.45, 2.75) is 39.2 Å². The second-order valence-corrected chi connectivity index (χ2v) is 6.69. The van der Waals surface area contributed by atoms with Crippen LogP contribution in [0, 0.1) is 10.8 Å². The molecule has 0 aliphatic carbocycles. The first-order chi connectivity index (χ1) is 12.0. The molecule has 0 unspecified atom stereocenters. The molecule has 0 saturated heterocycles. The summed E-state index contributed by atoms with van der Waals surface area (Å²) in [5.74, 6) is 0.470. The van der Waals surface area contributed by atoms with Crippen LogP contribution in [0.5, 0.6) is 0 Å². The smallest absolute Gasteiger partial charge is 0.106 e. The lowest BCUT2D eigenvalue weighted by molar-refractivity contribution is -0.0142. The third-order valence-electron chi connectivity index (χ3n) is 4.66. The predicted octanol–water partition coefficient (Wildman–Crippen LogP) is 4.36. The average molecular weight is 336 g/mol. The van der Waals surface area contributed by atoms with Crippen LogP contribution in [0.15, 0.2) is 36.7 Å². The van der Waals surface area contributed by atoms with Crippen molar-refractivity contribution < 1.29 is 4.74 Å². The van der Waals surface area contributed by atoms with Crippen molar-refractivity contribution >= 4 is 17.9 Å². The Balaban J connectivity index is 1.99. The van der Waals surface area contributed by atoms with Crippen molar-refractivity contribution in [3.05, 3.63) is 47.8 Å². The second kappa shape index (κ2) is 6.76. The van der Waals surface area contributed by atoms with Crippen molar-refractivity contribution in [1.82, 2.24) is 4.98 Å². The fourth-order valence-electron chi connectivity index (χ4n) is 3.24. The topological polar surface area (TPSA) is 73.1 Å². The number of amidine groups is 1. The third-order valence-corrected chi connectivity index (χ3v) is 4.66. The molecule has 2 aromatic rings. The van der Waals surface area contributed by atoms with E-state index in [9.17, 15) is 0 Å². The number of aryl methyl sites for hydroxylation is 1. The van der Waals surface area contributed by atoms with Crippen LogP contribution in [-0.4, -0.2) is 23.8 Å². The molecule has 1 aromatic heterocycles. The summed E-state index contributed by atoms with van der Waals surface area (Å²) in [6.45, 7) is 6.76. The van der Waals surface area contributed by atoms with Crippen LogP contribution >= 0.6 is 0 Å². The van der Waals surface area contributed by atoms with Crippen LogP contribution in [-0.2, 0) is 16.8 Å². The van der Waals surface area contributed by atoms with Crippen LogP contribution in [0.2, 0.25) is 0 Å². The molecule has 0 spiro atoms. The zero-order valence-electron chi connectivity index (χ0n) is 15.0. The summed E-state index contributed by atoms with van der Waals surface area (Å²) in [7, 11) is 0. The highest BCUT2D eigenvalue weighted by atomic mass is 16.5. The normalized spacial score (nSPS) is 14.4. The molecule has 0 fully saturated rings. The molecule has 1 aliphatic rings. The Morgan fingerprint density at radius 2 is 2.00 bits per heavy atom. The Morgan fingerprint density at radius 3 is 2.72 bits per heavy atom. The SMILES string of the molecule is CCOC(C)(C)c1cncc(-c2ccc3c(c2)CCC(=N)N3C=N)c1. The summed E-state index contributed by atoms with van der Waals surface area (Å²) in [6, 6.07) is 8.29. The Kier molecular flexibility index (Phi) is 4.68. The number of pyridine rings is 1. The zero-order chi connectivity index (χ0) is 18.0. The standard InChI is InChI=1S/C20H24N4O/c1-4-25-20(2,3)17-10-16(11-23-12-17)14-5-7-18-15(9-14)6-8-19(22)24(18)13-21/h5,7,9-13,21-22H,4,6,8H2,1-3H3. The lowest BCUT2D eigenvalue weighted by Gasteiger charge is -2.28. The van der Waals surface area contributed by atoms with Gasteiger partial charge in [0.15, 0.2) is 0 Å². The highest BCUT2D eigenvalue weighted by Crippen LogP contribution is 2.33. The molecule has 130 valence electrons. The van der Waals surface area contributed by atoms with Gasteiger partial charge in [-0.05, 0) is 56.5 Å². The van der Waals surface area contributed by atoms with Gasteiger partial charge >= 0.3 is 0 Å². The van der Waals surface area contributed by atoms with E-state index in [4.69, 9.17) is 15.6 Å². The van der Waals surface area contributed by atoms with Crippen LogP contribution in [0.25, 0.3) is 11.1 Å². The van der Waals surface area contributed by atoms with Gasteiger partial charge in [-0.25, -0.2) is 0 Å². The van der Waals surface area contributed by atoms with Crippen molar-refractivity contribution in [2.75, 3.05) is 11.5 Å². The Bertz CT molecular complexity index is 813. The molecular weight excluding hydrogens is 312 g/mol. The van der Waals surface area contributed by atoms with Crippen LogP contribution < -0.4 is 4.90 Å². The second-order valence-electron chi connectivity index (χ2n) is 6.69. The maximum atomic E-state index is 7.98. The van der Waals surface area contributed by atoms with Gasteiger partial charge in [0.25, 0.3) is 0 Å². The molecule has 5 heteroatoms. The van der Waals surface area contributed by atoms with E-state index in [1.165, 1.54) is 6.34 Å². The maximum Gasteiger partial charge on any atom is 0.106 e. The van der Waals surface area contributed by atoms with Crippen LogP contribution in [0.3, 0.4) is 0 Å². The van der Waals surface area contributed by atoms with Gasteiger partial charge in [0.2, 0.25) is 0 Å². The monoisotopic (exact) mass is 336 g/mol. The summed E-state index contributed by atoms with van der Waals surface area (Å²) in [6.07, 6.45) is 6.42. The molecule has 25 heavy (non-hydrogen) atoms. The van der Waals surface area contributed by atoms with Gasteiger partial charge in [-0.2, -0.15) is 0 Å². The van der Waals surface area contributed by atoms with Gasteiger partial charge in [0.1, 0.15) is 5.84 Å². The molecule has 5 nitrogen and oxygen atoms in total. The largest absolute Gasteiger partial charge is 0.371 e. The minimum absolute atomic E-state index is 0.377. The van der Waals surface area contributed by atoms with E-state index < -0.39 is 0 Å². The lowest BCUT2D eigenvalue weighted by Crippen LogP contribution is -2.32.